The third-order valence-corrected chi connectivity index (χ3v) is 2.15. The van der Waals surface area contributed by atoms with Crippen LogP contribution in [-0.4, -0.2) is 18.2 Å². The average molecular weight is 235 g/mol. The van der Waals surface area contributed by atoms with Crippen molar-refractivity contribution in [1.29, 1.82) is 0 Å². The zero-order valence-corrected chi connectivity index (χ0v) is 10.8. The van der Waals surface area contributed by atoms with Gasteiger partial charge >= 0.3 is 6.09 Å². The summed E-state index contributed by atoms with van der Waals surface area (Å²) in [7, 11) is 0. The minimum Gasteiger partial charge on any atom is -0.444 e. The van der Waals surface area contributed by atoms with E-state index >= 15 is 0 Å². The summed E-state index contributed by atoms with van der Waals surface area (Å²) in [6, 6.07) is 10.2. The van der Waals surface area contributed by atoms with Crippen LogP contribution in [0.3, 0.4) is 0 Å². The van der Waals surface area contributed by atoms with Crippen molar-refractivity contribution in [3.8, 4) is 0 Å². The number of rotatable bonds is 4. The van der Waals surface area contributed by atoms with Crippen LogP contribution in [0.2, 0.25) is 0 Å². The largest absolute Gasteiger partial charge is 0.444 e. The number of benzene rings is 1. The minimum absolute atomic E-state index is 0.342. The summed E-state index contributed by atoms with van der Waals surface area (Å²) in [5, 5.41) is 2.75. The Hall–Kier alpha value is -1.51. The van der Waals surface area contributed by atoms with Gasteiger partial charge in [-0.15, -0.1) is 0 Å². The molecule has 0 radical (unpaired) electrons. The number of alkyl carbamates (subject to hydrolysis) is 1. The molecule has 1 amide bonds. The maximum atomic E-state index is 11.3. The molecule has 0 fully saturated rings. The molecule has 0 atom stereocenters. The fourth-order valence-electron chi connectivity index (χ4n) is 1.44. The lowest BCUT2D eigenvalue weighted by Crippen LogP contribution is -2.33. The lowest BCUT2D eigenvalue weighted by Gasteiger charge is -2.19. The van der Waals surface area contributed by atoms with Gasteiger partial charge in [-0.2, -0.15) is 0 Å². The number of nitrogens with one attached hydrogen (secondary N) is 1. The molecule has 3 nitrogen and oxygen atoms in total. The van der Waals surface area contributed by atoms with Gasteiger partial charge in [-0.05, 0) is 39.2 Å². The monoisotopic (exact) mass is 235 g/mol. The minimum atomic E-state index is -0.427. The first-order chi connectivity index (χ1) is 7.97. The molecular formula is C14H21NO2. The maximum Gasteiger partial charge on any atom is 0.407 e. The van der Waals surface area contributed by atoms with Crippen molar-refractivity contribution in [2.75, 3.05) is 6.54 Å². The van der Waals surface area contributed by atoms with Crippen LogP contribution in [0.4, 0.5) is 4.79 Å². The van der Waals surface area contributed by atoms with Crippen molar-refractivity contribution in [2.45, 2.75) is 39.2 Å². The van der Waals surface area contributed by atoms with Crippen molar-refractivity contribution in [2.24, 2.45) is 0 Å². The smallest absolute Gasteiger partial charge is 0.407 e. The van der Waals surface area contributed by atoms with Gasteiger partial charge in [-0.1, -0.05) is 30.3 Å². The van der Waals surface area contributed by atoms with E-state index in [4.69, 9.17) is 4.74 Å². The van der Waals surface area contributed by atoms with Crippen molar-refractivity contribution >= 4 is 6.09 Å². The van der Waals surface area contributed by atoms with E-state index in [9.17, 15) is 4.79 Å². The summed E-state index contributed by atoms with van der Waals surface area (Å²) >= 11 is 0. The first-order valence-corrected chi connectivity index (χ1v) is 5.98. The van der Waals surface area contributed by atoms with Gasteiger partial charge < -0.3 is 10.1 Å². The van der Waals surface area contributed by atoms with Crippen molar-refractivity contribution in [3.63, 3.8) is 0 Å². The van der Waals surface area contributed by atoms with Gasteiger partial charge in [0.25, 0.3) is 0 Å². The van der Waals surface area contributed by atoms with Crippen LogP contribution in [0.15, 0.2) is 30.3 Å². The van der Waals surface area contributed by atoms with Crippen LogP contribution in [-0.2, 0) is 11.2 Å². The van der Waals surface area contributed by atoms with Crippen molar-refractivity contribution in [1.82, 2.24) is 5.32 Å². The Balaban J connectivity index is 2.14. The number of aryl methyl sites for hydroxylation is 1. The molecule has 0 saturated heterocycles. The number of carbonyl (C=O) groups is 1. The molecule has 0 unspecified atom stereocenters. The first kappa shape index (κ1) is 13.6. The molecule has 0 spiro atoms. The summed E-state index contributed by atoms with van der Waals surface area (Å²) in [6.45, 7) is 6.22. The van der Waals surface area contributed by atoms with E-state index in [1.165, 1.54) is 5.56 Å². The molecule has 94 valence electrons. The molecule has 1 aromatic carbocycles. The highest BCUT2D eigenvalue weighted by atomic mass is 16.6. The number of hydrogen-bond donors (Lipinski definition) is 1. The van der Waals surface area contributed by atoms with Gasteiger partial charge in [0, 0.05) is 6.54 Å². The third kappa shape index (κ3) is 6.61. The van der Waals surface area contributed by atoms with Crippen molar-refractivity contribution in [3.05, 3.63) is 35.9 Å². The fourth-order valence-corrected chi connectivity index (χ4v) is 1.44. The van der Waals surface area contributed by atoms with E-state index < -0.39 is 5.60 Å². The van der Waals surface area contributed by atoms with Gasteiger partial charge in [-0.3, -0.25) is 0 Å². The van der Waals surface area contributed by atoms with Gasteiger partial charge in [0.2, 0.25) is 0 Å². The van der Waals surface area contributed by atoms with E-state index in [2.05, 4.69) is 17.4 Å². The molecule has 0 aromatic heterocycles. The van der Waals surface area contributed by atoms with Crippen LogP contribution >= 0.6 is 0 Å². The lowest BCUT2D eigenvalue weighted by atomic mass is 10.1. The topological polar surface area (TPSA) is 38.3 Å². The Kier molecular flexibility index (Phi) is 5.01. The zero-order valence-electron chi connectivity index (χ0n) is 10.8. The predicted molar refractivity (Wildman–Crippen MR) is 69.0 cm³/mol. The molecule has 1 aromatic rings. The normalized spacial score (nSPS) is 11.0. The standard InChI is InChI=1S/C14H21NO2/c1-14(2,3)17-13(16)15-11-7-10-12-8-5-4-6-9-12/h4-6,8-9H,7,10-11H2,1-3H3,(H,15,16). The maximum absolute atomic E-state index is 11.3. The fraction of sp³-hybridized carbons (Fsp3) is 0.500. The molecule has 0 saturated carbocycles. The highest BCUT2D eigenvalue weighted by molar-refractivity contribution is 5.67. The second-order valence-electron chi connectivity index (χ2n) is 5.02. The van der Waals surface area contributed by atoms with Crippen LogP contribution in [0.1, 0.15) is 32.8 Å². The van der Waals surface area contributed by atoms with Crippen LogP contribution in [0, 0.1) is 0 Å². The number of carbonyl (C=O) groups excluding carboxylic acids is 1. The molecule has 1 N–H and O–H groups in total. The SMILES string of the molecule is CC(C)(C)OC(=O)NCCCc1ccccc1. The van der Waals surface area contributed by atoms with E-state index in [0.29, 0.717) is 6.54 Å². The second kappa shape index (κ2) is 6.28. The zero-order chi connectivity index (χ0) is 12.7. The van der Waals surface area contributed by atoms with E-state index in [-0.39, 0.29) is 6.09 Å². The predicted octanol–water partition coefficient (Wildman–Crippen LogP) is 3.14. The molecule has 0 bridgehead atoms. The van der Waals surface area contributed by atoms with E-state index in [0.717, 1.165) is 12.8 Å². The lowest BCUT2D eigenvalue weighted by molar-refractivity contribution is 0.0527. The first-order valence-electron chi connectivity index (χ1n) is 5.98. The Labute approximate surface area is 103 Å². The van der Waals surface area contributed by atoms with Gasteiger partial charge in [-0.25, -0.2) is 4.79 Å². The van der Waals surface area contributed by atoms with Crippen LogP contribution in [0.25, 0.3) is 0 Å². The van der Waals surface area contributed by atoms with Gasteiger partial charge in [0.05, 0.1) is 0 Å². The molecule has 0 aliphatic carbocycles. The molecule has 0 heterocycles. The van der Waals surface area contributed by atoms with Gasteiger partial charge in [0.15, 0.2) is 0 Å². The highest BCUT2D eigenvalue weighted by Gasteiger charge is 2.15. The second-order valence-corrected chi connectivity index (χ2v) is 5.02. The molecule has 0 aliphatic rings. The van der Waals surface area contributed by atoms with Crippen molar-refractivity contribution < 1.29 is 9.53 Å². The van der Waals surface area contributed by atoms with E-state index in [1.807, 2.05) is 39.0 Å². The summed E-state index contributed by atoms with van der Waals surface area (Å²) in [5.41, 5.74) is 0.863. The van der Waals surface area contributed by atoms with E-state index in [1.54, 1.807) is 0 Å². The summed E-state index contributed by atoms with van der Waals surface area (Å²) in [4.78, 5) is 11.3. The summed E-state index contributed by atoms with van der Waals surface area (Å²) < 4.78 is 5.14. The Morgan fingerprint density at radius 3 is 2.47 bits per heavy atom. The number of amides is 1. The quantitative estimate of drug-likeness (QED) is 0.814. The summed E-state index contributed by atoms with van der Waals surface area (Å²) in [5.74, 6) is 0. The Bertz CT molecular complexity index is 341. The molecular weight excluding hydrogens is 214 g/mol. The Morgan fingerprint density at radius 2 is 1.88 bits per heavy atom. The number of ether oxygens (including phenoxy) is 1. The molecule has 0 aliphatic heterocycles. The number of hydrogen-bond acceptors (Lipinski definition) is 2. The van der Waals surface area contributed by atoms with Crippen LogP contribution in [0.5, 0.6) is 0 Å². The average Bonchev–Trinajstić information content (AvgIpc) is 2.23. The van der Waals surface area contributed by atoms with Crippen LogP contribution < -0.4 is 5.32 Å². The Morgan fingerprint density at radius 1 is 1.24 bits per heavy atom. The highest BCUT2D eigenvalue weighted by Crippen LogP contribution is 2.06. The molecule has 3 heteroatoms. The summed E-state index contributed by atoms with van der Waals surface area (Å²) in [6.07, 6.45) is 1.55. The third-order valence-electron chi connectivity index (χ3n) is 2.15. The molecule has 1 rings (SSSR count). The van der Waals surface area contributed by atoms with Gasteiger partial charge in [0.1, 0.15) is 5.60 Å². The molecule has 17 heavy (non-hydrogen) atoms.